The van der Waals surface area contributed by atoms with Crippen molar-refractivity contribution in [3.63, 3.8) is 0 Å². The maximum atomic E-state index is 8.74. The Hall–Kier alpha value is -1.57. The van der Waals surface area contributed by atoms with Crippen molar-refractivity contribution in [3.05, 3.63) is 29.8 Å². The highest BCUT2D eigenvalue weighted by atomic mass is 16.5. The second-order valence-corrected chi connectivity index (χ2v) is 5.99. The Bertz CT molecular complexity index is 475. The highest BCUT2D eigenvalue weighted by Crippen LogP contribution is 2.18. The maximum absolute atomic E-state index is 8.74. The molecule has 2 rings (SSSR count). The lowest BCUT2D eigenvalue weighted by Gasteiger charge is -2.45. The van der Waals surface area contributed by atoms with Gasteiger partial charge in [-0.05, 0) is 45.2 Å². The molecule has 0 bridgehead atoms. The summed E-state index contributed by atoms with van der Waals surface area (Å²) in [6.45, 7) is 9.45. The molecule has 1 aliphatic heterocycles. The van der Waals surface area contributed by atoms with Crippen LogP contribution in [-0.2, 0) is 0 Å². The van der Waals surface area contributed by atoms with Crippen LogP contribution in [0.25, 0.3) is 0 Å². The van der Waals surface area contributed by atoms with Crippen LogP contribution in [0, 0.1) is 11.3 Å². The number of benzene rings is 1. The molecule has 0 aromatic heterocycles. The molecule has 0 N–H and O–H groups in total. The van der Waals surface area contributed by atoms with Crippen molar-refractivity contribution in [1.29, 1.82) is 5.26 Å². The van der Waals surface area contributed by atoms with Gasteiger partial charge in [-0.1, -0.05) is 0 Å². The van der Waals surface area contributed by atoms with Crippen LogP contribution in [0.2, 0.25) is 0 Å². The summed E-state index contributed by atoms with van der Waals surface area (Å²) in [6, 6.07) is 9.39. The highest BCUT2D eigenvalue weighted by molar-refractivity contribution is 5.34. The fourth-order valence-electron chi connectivity index (χ4n) is 2.45. The summed E-state index contributed by atoms with van der Waals surface area (Å²) in [6.07, 6.45) is 0. The quantitative estimate of drug-likeness (QED) is 0.841. The first kappa shape index (κ1) is 14.8. The zero-order valence-electron chi connectivity index (χ0n) is 12.6. The second-order valence-electron chi connectivity index (χ2n) is 5.99. The predicted octanol–water partition coefficient (Wildman–Crippen LogP) is 1.96. The number of ether oxygens (including phenoxy) is 1. The number of nitrogens with zero attached hydrogens (tertiary/aromatic N) is 3. The minimum atomic E-state index is 0.229. The lowest BCUT2D eigenvalue weighted by molar-refractivity contribution is 0.0338. The first-order chi connectivity index (χ1) is 9.51. The van der Waals surface area contributed by atoms with Crippen LogP contribution in [-0.4, -0.2) is 55.2 Å². The molecule has 1 aromatic carbocycles. The average molecular weight is 273 g/mol. The third kappa shape index (κ3) is 3.72. The fourth-order valence-corrected chi connectivity index (χ4v) is 2.45. The van der Waals surface area contributed by atoms with E-state index in [1.807, 2.05) is 12.1 Å². The van der Waals surface area contributed by atoms with Gasteiger partial charge in [0, 0.05) is 31.7 Å². The van der Waals surface area contributed by atoms with E-state index in [-0.39, 0.29) is 5.54 Å². The first-order valence-electron chi connectivity index (χ1n) is 7.08. The molecule has 1 aromatic rings. The minimum absolute atomic E-state index is 0.229. The minimum Gasteiger partial charge on any atom is -0.492 e. The Morgan fingerprint density at radius 3 is 2.55 bits per heavy atom. The van der Waals surface area contributed by atoms with Crippen LogP contribution in [0.15, 0.2) is 24.3 Å². The number of hydrogen-bond acceptors (Lipinski definition) is 4. The number of hydrogen-bond donors (Lipinski definition) is 0. The highest BCUT2D eigenvalue weighted by Gasteiger charge is 2.30. The van der Waals surface area contributed by atoms with Gasteiger partial charge >= 0.3 is 0 Å². The first-order valence-corrected chi connectivity index (χ1v) is 7.08. The summed E-state index contributed by atoms with van der Waals surface area (Å²) < 4.78 is 5.74. The second kappa shape index (κ2) is 6.25. The van der Waals surface area contributed by atoms with Gasteiger partial charge in [-0.2, -0.15) is 5.26 Å². The largest absolute Gasteiger partial charge is 0.492 e. The van der Waals surface area contributed by atoms with Gasteiger partial charge in [-0.3, -0.25) is 9.80 Å². The van der Waals surface area contributed by atoms with Crippen molar-refractivity contribution in [2.45, 2.75) is 19.4 Å². The van der Waals surface area contributed by atoms with Crippen LogP contribution in [0.1, 0.15) is 19.4 Å². The van der Waals surface area contributed by atoms with Crippen molar-refractivity contribution in [2.24, 2.45) is 0 Å². The topological polar surface area (TPSA) is 39.5 Å². The monoisotopic (exact) mass is 273 g/mol. The maximum Gasteiger partial charge on any atom is 0.119 e. The standard InChI is InChI=1S/C16H23N3O/c1-16(2)13-19(9-8-18(16)3)10-11-20-15-6-4-14(12-17)5-7-15/h4-7H,8-11,13H2,1-3H3. The van der Waals surface area contributed by atoms with Crippen LogP contribution in [0.4, 0.5) is 0 Å². The fraction of sp³-hybridized carbons (Fsp3) is 0.562. The van der Waals surface area contributed by atoms with Crippen molar-refractivity contribution < 1.29 is 4.74 Å². The van der Waals surface area contributed by atoms with Crippen LogP contribution in [0.5, 0.6) is 5.75 Å². The summed E-state index contributed by atoms with van der Waals surface area (Å²) in [4.78, 5) is 4.86. The summed E-state index contributed by atoms with van der Waals surface area (Å²) in [5, 5.41) is 8.74. The molecule has 1 fully saturated rings. The number of likely N-dealkylation sites (N-methyl/N-ethyl adjacent to an activating group) is 1. The molecule has 1 heterocycles. The van der Waals surface area contributed by atoms with Crippen molar-refractivity contribution >= 4 is 0 Å². The van der Waals surface area contributed by atoms with Gasteiger partial charge in [0.2, 0.25) is 0 Å². The van der Waals surface area contributed by atoms with Crippen molar-refractivity contribution in [2.75, 3.05) is 39.8 Å². The van der Waals surface area contributed by atoms with Gasteiger partial charge in [-0.25, -0.2) is 0 Å². The van der Waals surface area contributed by atoms with E-state index in [4.69, 9.17) is 10.00 Å². The normalized spacial score (nSPS) is 19.5. The molecule has 0 atom stereocenters. The molecule has 1 aliphatic rings. The van der Waals surface area contributed by atoms with Gasteiger partial charge in [0.1, 0.15) is 12.4 Å². The van der Waals surface area contributed by atoms with E-state index in [1.54, 1.807) is 12.1 Å². The molecule has 108 valence electrons. The van der Waals surface area contributed by atoms with Gasteiger partial charge in [0.25, 0.3) is 0 Å². The molecule has 0 saturated carbocycles. The Kier molecular flexibility index (Phi) is 4.64. The molecule has 4 nitrogen and oxygen atoms in total. The number of piperazine rings is 1. The van der Waals surface area contributed by atoms with Crippen LogP contribution < -0.4 is 4.74 Å². The third-order valence-corrected chi connectivity index (χ3v) is 4.06. The van der Waals surface area contributed by atoms with Gasteiger partial charge in [-0.15, -0.1) is 0 Å². The molecule has 0 radical (unpaired) electrons. The third-order valence-electron chi connectivity index (χ3n) is 4.06. The summed E-state index contributed by atoms with van der Waals surface area (Å²) in [5.41, 5.74) is 0.894. The Labute approximate surface area is 121 Å². The van der Waals surface area contributed by atoms with E-state index in [0.717, 1.165) is 31.9 Å². The molecule has 0 spiro atoms. The summed E-state index contributed by atoms with van der Waals surface area (Å²) >= 11 is 0. The lowest BCUT2D eigenvalue weighted by atomic mass is 10.00. The molecule has 20 heavy (non-hydrogen) atoms. The number of rotatable bonds is 4. The smallest absolute Gasteiger partial charge is 0.119 e. The predicted molar refractivity (Wildman–Crippen MR) is 79.8 cm³/mol. The van der Waals surface area contributed by atoms with E-state index >= 15 is 0 Å². The van der Waals surface area contributed by atoms with Crippen molar-refractivity contribution in [3.8, 4) is 11.8 Å². The average Bonchev–Trinajstić information content (AvgIpc) is 2.43. The Morgan fingerprint density at radius 2 is 1.95 bits per heavy atom. The van der Waals surface area contributed by atoms with Crippen LogP contribution in [0.3, 0.4) is 0 Å². The van der Waals surface area contributed by atoms with Gasteiger partial charge in [0.05, 0.1) is 11.6 Å². The number of nitriles is 1. The van der Waals surface area contributed by atoms with E-state index in [2.05, 4.69) is 36.8 Å². The van der Waals surface area contributed by atoms with E-state index in [9.17, 15) is 0 Å². The SMILES string of the molecule is CN1CCN(CCOc2ccc(C#N)cc2)CC1(C)C. The molecule has 0 aliphatic carbocycles. The molecular weight excluding hydrogens is 250 g/mol. The molecule has 4 heteroatoms. The Balaban J connectivity index is 1.77. The zero-order chi connectivity index (χ0) is 14.6. The lowest BCUT2D eigenvalue weighted by Crippen LogP contribution is -2.58. The summed E-state index contributed by atoms with van der Waals surface area (Å²) in [7, 11) is 2.19. The van der Waals surface area contributed by atoms with Crippen LogP contribution >= 0.6 is 0 Å². The molecular formula is C16H23N3O. The zero-order valence-corrected chi connectivity index (χ0v) is 12.6. The molecule has 1 saturated heterocycles. The van der Waals surface area contributed by atoms with E-state index in [0.29, 0.717) is 12.2 Å². The Morgan fingerprint density at radius 1 is 1.25 bits per heavy atom. The van der Waals surface area contributed by atoms with Crippen molar-refractivity contribution in [1.82, 2.24) is 9.80 Å². The summed E-state index contributed by atoms with van der Waals surface area (Å²) in [5.74, 6) is 0.831. The van der Waals surface area contributed by atoms with Gasteiger partial charge < -0.3 is 4.74 Å². The van der Waals surface area contributed by atoms with E-state index in [1.165, 1.54) is 0 Å². The molecule has 0 amide bonds. The molecule has 0 unspecified atom stereocenters. The van der Waals surface area contributed by atoms with E-state index < -0.39 is 0 Å². The van der Waals surface area contributed by atoms with Gasteiger partial charge in [0.15, 0.2) is 0 Å².